The number of nitrogens with two attached hydrogens (primary N) is 1. The number of ether oxygens (including phenoxy) is 1. The summed E-state index contributed by atoms with van der Waals surface area (Å²) in [6.07, 6.45) is 0.848. The first kappa shape index (κ1) is 14.2. The van der Waals surface area contributed by atoms with E-state index in [1.165, 1.54) is 0 Å². The summed E-state index contributed by atoms with van der Waals surface area (Å²) in [5.41, 5.74) is 6.35. The quantitative estimate of drug-likeness (QED) is 0.925. The molecule has 1 aliphatic heterocycles. The predicted octanol–water partition coefficient (Wildman–Crippen LogP) is 2.30. The SMILES string of the molecule is CC(C)Oc1ccc(Cl)cc1C(=O)N1CC[C@@H](N)C1. The highest BCUT2D eigenvalue weighted by molar-refractivity contribution is 6.31. The summed E-state index contributed by atoms with van der Waals surface area (Å²) in [5, 5.41) is 0.531. The fourth-order valence-corrected chi connectivity index (χ4v) is 2.34. The maximum atomic E-state index is 12.5. The number of carbonyl (C=O) groups is 1. The summed E-state index contributed by atoms with van der Waals surface area (Å²) in [4.78, 5) is 14.2. The van der Waals surface area contributed by atoms with E-state index in [4.69, 9.17) is 22.1 Å². The van der Waals surface area contributed by atoms with Gasteiger partial charge in [-0.15, -0.1) is 0 Å². The zero-order valence-corrected chi connectivity index (χ0v) is 12.0. The molecule has 0 spiro atoms. The lowest BCUT2D eigenvalue weighted by Crippen LogP contribution is -2.32. The molecule has 1 aromatic rings. The van der Waals surface area contributed by atoms with Gasteiger partial charge in [0.2, 0.25) is 0 Å². The molecule has 1 atom stereocenters. The van der Waals surface area contributed by atoms with Gasteiger partial charge in [0.1, 0.15) is 5.75 Å². The molecule has 0 saturated carbocycles. The van der Waals surface area contributed by atoms with E-state index in [0.29, 0.717) is 29.4 Å². The monoisotopic (exact) mass is 282 g/mol. The van der Waals surface area contributed by atoms with Gasteiger partial charge in [0, 0.05) is 24.2 Å². The lowest BCUT2D eigenvalue weighted by atomic mass is 10.1. The smallest absolute Gasteiger partial charge is 0.257 e. The Bertz CT molecular complexity index is 477. The number of nitrogens with zero attached hydrogens (tertiary/aromatic N) is 1. The Kier molecular flexibility index (Phi) is 4.32. The van der Waals surface area contributed by atoms with Crippen molar-refractivity contribution in [3.63, 3.8) is 0 Å². The molecule has 0 unspecified atom stereocenters. The van der Waals surface area contributed by atoms with Gasteiger partial charge in [0.25, 0.3) is 5.91 Å². The first-order valence-electron chi connectivity index (χ1n) is 6.48. The van der Waals surface area contributed by atoms with E-state index in [1.54, 1.807) is 23.1 Å². The minimum absolute atomic E-state index is 0.00793. The second-order valence-electron chi connectivity index (χ2n) is 5.11. The maximum absolute atomic E-state index is 12.5. The van der Waals surface area contributed by atoms with Crippen molar-refractivity contribution in [3.05, 3.63) is 28.8 Å². The van der Waals surface area contributed by atoms with Gasteiger partial charge in [0.15, 0.2) is 0 Å². The number of carbonyl (C=O) groups excluding carboxylic acids is 1. The van der Waals surface area contributed by atoms with Gasteiger partial charge in [-0.3, -0.25) is 4.79 Å². The van der Waals surface area contributed by atoms with Crippen molar-refractivity contribution in [2.24, 2.45) is 5.73 Å². The molecule has 2 rings (SSSR count). The van der Waals surface area contributed by atoms with Gasteiger partial charge in [-0.25, -0.2) is 0 Å². The van der Waals surface area contributed by atoms with Crippen LogP contribution in [0.2, 0.25) is 5.02 Å². The zero-order valence-electron chi connectivity index (χ0n) is 11.2. The Balaban J connectivity index is 2.26. The Hall–Kier alpha value is -1.26. The Morgan fingerprint density at radius 1 is 1.53 bits per heavy atom. The van der Waals surface area contributed by atoms with Crippen LogP contribution in [-0.2, 0) is 0 Å². The number of hydrogen-bond donors (Lipinski definition) is 1. The van der Waals surface area contributed by atoms with Crippen LogP contribution in [0.3, 0.4) is 0 Å². The molecule has 1 heterocycles. The number of rotatable bonds is 3. The van der Waals surface area contributed by atoms with Crippen LogP contribution in [0.5, 0.6) is 5.75 Å². The highest BCUT2D eigenvalue weighted by atomic mass is 35.5. The topological polar surface area (TPSA) is 55.6 Å². The molecule has 0 bridgehead atoms. The van der Waals surface area contributed by atoms with Crippen molar-refractivity contribution in [1.29, 1.82) is 0 Å². The average Bonchev–Trinajstić information content (AvgIpc) is 2.77. The summed E-state index contributed by atoms with van der Waals surface area (Å²) in [6, 6.07) is 5.19. The Morgan fingerprint density at radius 2 is 2.26 bits per heavy atom. The third kappa shape index (κ3) is 3.39. The molecule has 1 fully saturated rings. The van der Waals surface area contributed by atoms with Gasteiger partial charge >= 0.3 is 0 Å². The number of amides is 1. The summed E-state index contributed by atoms with van der Waals surface area (Å²) in [5.74, 6) is 0.510. The van der Waals surface area contributed by atoms with Crippen molar-refractivity contribution >= 4 is 17.5 Å². The van der Waals surface area contributed by atoms with Crippen molar-refractivity contribution in [1.82, 2.24) is 4.90 Å². The van der Waals surface area contributed by atoms with Crippen LogP contribution in [0.15, 0.2) is 18.2 Å². The average molecular weight is 283 g/mol. The van der Waals surface area contributed by atoms with Crippen molar-refractivity contribution in [2.75, 3.05) is 13.1 Å². The summed E-state index contributed by atoms with van der Waals surface area (Å²) in [6.45, 7) is 5.13. The molecule has 19 heavy (non-hydrogen) atoms. The third-order valence-corrected chi connectivity index (χ3v) is 3.28. The minimum Gasteiger partial charge on any atom is -0.490 e. The summed E-state index contributed by atoms with van der Waals surface area (Å²) in [7, 11) is 0. The Labute approximate surface area is 118 Å². The lowest BCUT2D eigenvalue weighted by molar-refractivity contribution is 0.0784. The van der Waals surface area contributed by atoms with Gasteiger partial charge < -0.3 is 15.4 Å². The van der Waals surface area contributed by atoms with Crippen LogP contribution in [-0.4, -0.2) is 36.0 Å². The molecular weight excluding hydrogens is 264 g/mol. The van der Waals surface area contributed by atoms with E-state index >= 15 is 0 Å². The van der Waals surface area contributed by atoms with Crippen LogP contribution in [0.4, 0.5) is 0 Å². The number of likely N-dealkylation sites (tertiary alicyclic amines) is 1. The van der Waals surface area contributed by atoms with Crippen LogP contribution >= 0.6 is 11.6 Å². The van der Waals surface area contributed by atoms with E-state index in [1.807, 2.05) is 13.8 Å². The molecule has 1 aromatic carbocycles. The second-order valence-corrected chi connectivity index (χ2v) is 5.54. The number of benzene rings is 1. The summed E-state index contributed by atoms with van der Waals surface area (Å²) >= 11 is 5.98. The fraction of sp³-hybridized carbons (Fsp3) is 0.500. The van der Waals surface area contributed by atoms with Gasteiger partial charge in [-0.2, -0.15) is 0 Å². The van der Waals surface area contributed by atoms with E-state index in [-0.39, 0.29) is 18.1 Å². The van der Waals surface area contributed by atoms with E-state index in [9.17, 15) is 4.79 Å². The molecule has 0 aromatic heterocycles. The molecule has 0 radical (unpaired) electrons. The van der Waals surface area contributed by atoms with Crippen LogP contribution in [0, 0.1) is 0 Å². The van der Waals surface area contributed by atoms with Gasteiger partial charge in [-0.05, 0) is 38.5 Å². The standard InChI is InChI=1S/C14H19ClN2O2/c1-9(2)19-13-4-3-10(15)7-12(13)14(18)17-6-5-11(16)8-17/h3-4,7,9,11H,5-6,8,16H2,1-2H3/t11-/m1/s1. The normalized spacial score (nSPS) is 19.0. The molecule has 104 valence electrons. The minimum atomic E-state index is -0.0638. The Morgan fingerprint density at radius 3 is 2.84 bits per heavy atom. The molecular formula is C14H19ClN2O2. The largest absolute Gasteiger partial charge is 0.490 e. The molecule has 4 nitrogen and oxygen atoms in total. The first-order valence-corrected chi connectivity index (χ1v) is 6.86. The second kappa shape index (κ2) is 5.80. The predicted molar refractivity (Wildman–Crippen MR) is 75.7 cm³/mol. The first-order chi connectivity index (χ1) is 8.97. The number of hydrogen-bond acceptors (Lipinski definition) is 3. The van der Waals surface area contributed by atoms with Gasteiger partial charge in [0.05, 0.1) is 11.7 Å². The third-order valence-electron chi connectivity index (χ3n) is 3.05. The highest BCUT2D eigenvalue weighted by Gasteiger charge is 2.26. The van der Waals surface area contributed by atoms with E-state index < -0.39 is 0 Å². The van der Waals surface area contributed by atoms with E-state index in [0.717, 1.165) is 6.42 Å². The molecule has 5 heteroatoms. The van der Waals surface area contributed by atoms with Crippen LogP contribution < -0.4 is 10.5 Å². The fourth-order valence-electron chi connectivity index (χ4n) is 2.17. The maximum Gasteiger partial charge on any atom is 0.257 e. The lowest BCUT2D eigenvalue weighted by Gasteiger charge is -2.19. The van der Waals surface area contributed by atoms with Crippen molar-refractivity contribution < 1.29 is 9.53 Å². The molecule has 0 aliphatic carbocycles. The zero-order chi connectivity index (χ0) is 14.0. The number of halogens is 1. The van der Waals surface area contributed by atoms with Crippen molar-refractivity contribution in [3.8, 4) is 5.75 Å². The van der Waals surface area contributed by atoms with Gasteiger partial charge in [-0.1, -0.05) is 11.6 Å². The molecule has 2 N–H and O–H groups in total. The van der Waals surface area contributed by atoms with E-state index in [2.05, 4.69) is 0 Å². The highest BCUT2D eigenvalue weighted by Crippen LogP contribution is 2.26. The molecule has 1 amide bonds. The molecule has 1 aliphatic rings. The van der Waals surface area contributed by atoms with Crippen molar-refractivity contribution in [2.45, 2.75) is 32.4 Å². The molecule has 1 saturated heterocycles. The van der Waals surface area contributed by atoms with Crippen LogP contribution in [0.25, 0.3) is 0 Å². The van der Waals surface area contributed by atoms with Crippen LogP contribution in [0.1, 0.15) is 30.6 Å². The summed E-state index contributed by atoms with van der Waals surface area (Å²) < 4.78 is 5.67.